The fourth-order valence-corrected chi connectivity index (χ4v) is 1.44. The van der Waals surface area contributed by atoms with Crippen LogP contribution in [0, 0.1) is 12.8 Å². The Labute approximate surface area is 107 Å². The Hall–Kier alpha value is -1.85. The van der Waals surface area contributed by atoms with Crippen molar-refractivity contribution in [3.8, 4) is 6.01 Å². The summed E-state index contributed by atoms with van der Waals surface area (Å²) >= 11 is 0. The van der Waals surface area contributed by atoms with E-state index in [1.165, 1.54) is 0 Å². The highest BCUT2D eigenvalue weighted by Gasteiger charge is 2.07. The first-order valence-electron chi connectivity index (χ1n) is 5.99. The number of nitrogens with two attached hydrogens (primary N) is 1. The molecule has 0 fully saturated rings. The van der Waals surface area contributed by atoms with E-state index in [2.05, 4.69) is 29.0 Å². The van der Waals surface area contributed by atoms with Crippen LogP contribution in [0.4, 0.5) is 0 Å². The largest absolute Gasteiger partial charge is 0.463 e. The molecule has 1 rings (SSSR count). The molecule has 0 radical (unpaired) electrons. The van der Waals surface area contributed by atoms with E-state index < -0.39 is 0 Å². The Morgan fingerprint density at radius 3 is 2.83 bits per heavy atom. The number of oxime groups is 1. The molecule has 0 bridgehead atoms. The lowest BCUT2D eigenvalue weighted by Gasteiger charge is -2.08. The Morgan fingerprint density at radius 1 is 1.50 bits per heavy atom. The zero-order valence-corrected chi connectivity index (χ0v) is 11.1. The average Bonchev–Trinajstić information content (AvgIpc) is 2.32. The summed E-state index contributed by atoms with van der Waals surface area (Å²) in [5.74, 6) is 0.604. The third-order valence-corrected chi connectivity index (χ3v) is 2.36. The van der Waals surface area contributed by atoms with Gasteiger partial charge in [0.15, 0.2) is 5.84 Å². The zero-order valence-electron chi connectivity index (χ0n) is 11.1. The summed E-state index contributed by atoms with van der Waals surface area (Å²) in [5.41, 5.74) is 6.56. The molecule has 0 amide bonds. The molecule has 1 aromatic heterocycles. The smallest absolute Gasteiger partial charge is 0.317 e. The zero-order chi connectivity index (χ0) is 13.5. The van der Waals surface area contributed by atoms with Crippen molar-refractivity contribution in [3.05, 3.63) is 17.5 Å². The second-order valence-electron chi connectivity index (χ2n) is 4.55. The van der Waals surface area contributed by atoms with E-state index in [4.69, 9.17) is 15.7 Å². The summed E-state index contributed by atoms with van der Waals surface area (Å²) in [7, 11) is 0. The van der Waals surface area contributed by atoms with Gasteiger partial charge >= 0.3 is 6.01 Å². The number of amidine groups is 1. The third-order valence-electron chi connectivity index (χ3n) is 2.36. The molecular weight excluding hydrogens is 232 g/mol. The van der Waals surface area contributed by atoms with Crippen LogP contribution in [0.2, 0.25) is 0 Å². The molecule has 1 aromatic rings. The monoisotopic (exact) mass is 252 g/mol. The molecule has 0 aliphatic rings. The Balaban J connectivity index is 2.63. The highest BCUT2D eigenvalue weighted by atomic mass is 16.5. The summed E-state index contributed by atoms with van der Waals surface area (Å²) in [6.07, 6.45) is 2.05. The van der Waals surface area contributed by atoms with Crippen LogP contribution in [0.3, 0.4) is 0 Å². The summed E-state index contributed by atoms with van der Waals surface area (Å²) in [4.78, 5) is 8.21. The number of aromatic nitrogens is 2. The molecule has 18 heavy (non-hydrogen) atoms. The van der Waals surface area contributed by atoms with Crippen LogP contribution >= 0.6 is 0 Å². The van der Waals surface area contributed by atoms with Crippen molar-refractivity contribution in [2.24, 2.45) is 16.8 Å². The Bertz CT molecular complexity index is 419. The van der Waals surface area contributed by atoms with Gasteiger partial charge in [-0.15, -0.1) is 0 Å². The number of ether oxygens (including phenoxy) is 1. The molecule has 0 aromatic carbocycles. The number of nitrogens with zero attached hydrogens (tertiary/aromatic N) is 3. The van der Waals surface area contributed by atoms with E-state index in [0.717, 1.165) is 12.8 Å². The second kappa shape index (κ2) is 6.78. The quantitative estimate of drug-likeness (QED) is 0.264. The lowest BCUT2D eigenvalue weighted by molar-refractivity contribution is 0.275. The maximum absolute atomic E-state index is 8.61. The van der Waals surface area contributed by atoms with Crippen molar-refractivity contribution in [2.45, 2.75) is 33.6 Å². The number of hydrogen-bond donors (Lipinski definition) is 2. The van der Waals surface area contributed by atoms with Gasteiger partial charge in [-0.25, -0.2) is 4.98 Å². The van der Waals surface area contributed by atoms with Crippen molar-refractivity contribution in [1.82, 2.24) is 9.97 Å². The Kier molecular flexibility index (Phi) is 5.35. The first-order chi connectivity index (χ1) is 8.52. The van der Waals surface area contributed by atoms with Crippen LogP contribution in [0.25, 0.3) is 0 Å². The minimum Gasteiger partial charge on any atom is -0.463 e. The minimum atomic E-state index is -0.0486. The number of aryl methyl sites for hydroxylation is 1. The third kappa shape index (κ3) is 4.57. The molecule has 0 aliphatic carbocycles. The highest BCUT2D eigenvalue weighted by molar-refractivity contribution is 5.95. The fraction of sp³-hybridized carbons (Fsp3) is 0.583. The second-order valence-corrected chi connectivity index (χ2v) is 4.55. The summed E-state index contributed by atoms with van der Waals surface area (Å²) < 4.78 is 5.46. The van der Waals surface area contributed by atoms with E-state index in [1.54, 1.807) is 13.0 Å². The van der Waals surface area contributed by atoms with E-state index >= 15 is 0 Å². The van der Waals surface area contributed by atoms with E-state index in [0.29, 0.717) is 23.9 Å². The molecule has 6 nitrogen and oxygen atoms in total. The van der Waals surface area contributed by atoms with Crippen molar-refractivity contribution in [3.63, 3.8) is 0 Å². The number of rotatable bonds is 6. The topological polar surface area (TPSA) is 93.6 Å². The standard InChI is InChI=1S/C12H20N4O2/c1-8(2)5-4-6-18-12-14-9(3)7-10(15-12)11(13)16-17/h7-8,17H,4-6H2,1-3H3,(H2,13,16). The fourth-order valence-electron chi connectivity index (χ4n) is 1.44. The van der Waals surface area contributed by atoms with Crippen LogP contribution in [-0.4, -0.2) is 27.6 Å². The molecule has 0 aliphatic heterocycles. The molecule has 0 atom stereocenters. The molecular formula is C12H20N4O2. The number of hydrogen-bond acceptors (Lipinski definition) is 5. The van der Waals surface area contributed by atoms with Crippen LogP contribution in [0.15, 0.2) is 11.2 Å². The lowest BCUT2D eigenvalue weighted by atomic mass is 10.1. The molecule has 3 N–H and O–H groups in total. The lowest BCUT2D eigenvalue weighted by Crippen LogP contribution is -2.16. The van der Waals surface area contributed by atoms with Crippen LogP contribution in [0.1, 0.15) is 38.1 Å². The average molecular weight is 252 g/mol. The first kappa shape index (κ1) is 14.2. The van der Waals surface area contributed by atoms with Crippen molar-refractivity contribution >= 4 is 5.84 Å². The van der Waals surface area contributed by atoms with E-state index in [1.807, 2.05) is 0 Å². The molecule has 1 heterocycles. The maximum atomic E-state index is 8.61. The molecule has 100 valence electrons. The highest BCUT2D eigenvalue weighted by Crippen LogP contribution is 2.09. The molecule has 0 unspecified atom stereocenters. The van der Waals surface area contributed by atoms with Gasteiger partial charge in [-0.1, -0.05) is 19.0 Å². The predicted molar refractivity (Wildman–Crippen MR) is 68.8 cm³/mol. The molecule has 0 saturated heterocycles. The van der Waals surface area contributed by atoms with Gasteiger partial charge in [-0.2, -0.15) is 4.98 Å². The van der Waals surface area contributed by atoms with Gasteiger partial charge in [0.25, 0.3) is 0 Å². The van der Waals surface area contributed by atoms with Gasteiger partial charge in [0.05, 0.1) is 6.61 Å². The molecule has 0 saturated carbocycles. The van der Waals surface area contributed by atoms with Crippen molar-refractivity contribution < 1.29 is 9.94 Å². The maximum Gasteiger partial charge on any atom is 0.317 e. The van der Waals surface area contributed by atoms with Gasteiger partial charge in [0.2, 0.25) is 0 Å². The minimum absolute atomic E-state index is 0.0486. The van der Waals surface area contributed by atoms with Crippen LogP contribution in [-0.2, 0) is 0 Å². The van der Waals surface area contributed by atoms with Crippen LogP contribution < -0.4 is 10.5 Å². The van der Waals surface area contributed by atoms with Gasteiger partial charge in [0.1, 0.15) is 5.69 Å². The SMILES string of the molecule is Cc1cc(/C(N)=N/O)nc(OCCCC(C)C)n1. The van der Waals surface area contributed by atoms with Crippen LogP contribution in [0.5, 0.6) is 6.01 Å². The van der Waals surface area contributed by atoms with Crippen molar-refractivity contribution in [1.29, 1.82) is 0 Å². The van der Waals surface area contributed by atoms with Crippen molar-refractivity contribution in [2.75, 3.05) is 6.61 Å². The molecule has 6 heteroatoms. The first-order valence-corrected chi connectivity index (χ1v) is 5.99. The van der Waals surface area contributed by atoms with Gasteiger partial charge in [-0.3, -0.25) is 0 Å². The summed E-state index contributed by atoms with van der Waals surface area (Å²) in [5, 5.41) is 11.5. The van der Waals surface area contributed by atoms with Gasteiger partial charge < -0.3 is 15.7 Å². The summed E-state index contributed by atoms with van der Waals surface area (Å²) in [6.45, 7) is 6.70. The van der Waals surface area contributed by atoms with E-state index in [-0.39, 0.29) is 11.8 Å². The molecule has 0 spiro atoms. The van der Waals surface area contributed by atoms with Gasteiger partial charge in [-0.05, 0) is 31.7 Å². The van der Waals surface area contributed by atoms with Gasteiger partial charge in [0, 0.05) is 5.69 Å². The normalized spacial score (nSPS) is 11.9. The summed E-state index contributed by atoms with van der Waals surface area (Å²) in [6, 6.07) is 1.90. The Morgan fingerprint density at radius 2 is 2.22 bits per heavy atom. The predicted octanol–water partition coefficient (Wildman–Crippen LogP) is 1.69. The van der Waals surface area contributed by atoms with E-state index in [9.17, 15) is 0 Å².